The van der Waals surface area contributed by atoms with Gasteiger partial charge in [0.15, 0.2) is 0 Å². The molecule has 1 heterocycles. The molecule has 1 aromatic rings. The van der Waals surface area contributed by atoms with Crippen molar-refractivity contribution < 1.29 is 19.5 Å². The van der Waals surface area contributed by atoms with E-state index in [9.17, 15) is 14.4 Å². The fourth-order valence-electron chi connectivity index (χ4n) is 2.79. The summed E-state index contributed by atoms with van der Waals surface area (Å²) in [6, 6.07) is 6.57. The van der Waals surface area contributed by atoms with E-state index in [4.69, 9.17) is 5.11 Å². The van der Waals surface area contributed by atoms with Gasteiger partial charge in [0.25, 0.3) is 0 Å². The van der Waals surface area contributed by atoms with E-state index in [1.54, 1.807) is 24.3 Å². The molecule has 0 spiro atoms. The molecule has 1 fully saturated rings. The number of nitrogens with zero attached hydrogens (tertiary/aromatic N) is 1. The van der Waals surface area contributed by atoms with Gasteiger partial charge >= 0.3 is 12.0 Å². The van der Waals surface area contributed by atoms with E-state index in [1.807, 2.05) is 13.8 Å². The van der Waals surface area contributed by atoms with Crippen LogP contribution < -0.4 is 10.6 Å². The maximum absolute atomic E-state index is 12.3. The maximum Gasteiger partial charge on any atom is 0.321 e. The number of rotatable bonds is 5. The number of carbonyl (C=O) groups excluding carboxylic acids is 2. The van der Waals surface area contributed by atoms with E-state index in [-0.39, 0.29) is 24.4 Å². The first-order valence-electron chi connectivity index (χ1n) is 8.54. The number of hydrogen-bond acceptors (Lipinski definition) is 3. The molecule has 0 aromatic heterocycles. The van der Waals surface area contributed by atoms with Crippen LogP contribution in [0.3, 0.4) is 0 Å². The molecule has 0 saturated carbocycles. The predicted molar refractivity (Wildman–Crippen MR) is 95.5 cm³/mol. The van der Waals surface area contributed by atoms with E-state index < -0.39 is 11.9 Å². The fraction of sp³-hybridized carbons (Fsp3) is 0.500. The lowest BCUT2D eigenvalue weighted by molar-refractivity contribution is -0.143. The average Bonchev–Trinajstić information content (AvgIpc) is 2.56. The van der Waals surface area contributed by atoms with E-state index in [2.05, 4.69) is 10.6 Å². The molecule has 3 N–H and O–H groups in total. The summed E-state index contributed by atoms with van der Waals surface area (Å²) >= 11 is 0. The van der Waals surface area contributed by atoms with Gasteiger partial charge in [0.1, 0.15) is 0 Å². The normalized spacial score (nSPS) is 17.2. The van der Waals surface area contributed by atoms with Crippen LogP contribution in [-0.4, -0.2) is 41.0 Å². The topological polar surface area (TPSA) is 98.7 Å². The SMILES string of the molecule is CC(C)CC(=O)Nc1ccc(NC(=O)N2CCCC(C(=O)O)C2)cc1. The molecule has 1 atom stereocenters. The summed E-state index contributed by atoms with van der Waals surface area (Å²) in [6.45, 7) is 4.74. The minimum Gasteiger partial charge on any atom is -0.481 e. The quantitative estimate of drug-likeness (QED) is 0.762. The van der Waals surface area contributed by atoms with Gasteiger partial charge in [0.05, 0.1) is 5.92 Å². The molecule has 0 aliphatic carbocycles. The summed E-state index contributed by atoms with van der Waals surface area (Å²) in [5.74, 6) is -1.12. The number of hydrogen-bond donors (Lipinski definition) is 3. The first-order chi connectivity index (χ1) is 11.8. The van der Waals surface area contributed by atoms with Gasteiger partial charge in [-0.05, 0) is 43.0 Å². The number of likely N-dealkylation sites (tertiary alicyclic amines) is 1. The van der Waals surface area contributed by atoms with Crippen LogP contribution in [0.25, 0.3) is 0 Å². The van der Waals surface area contributed by atoms with Crippen LogP contribution in [0.1, 0.15) is 33.1 Å². The Morgan fingerprint density at radius 2 is 1.76 bits per heavy atom. The molecule has 25 heavy (non-hydrogen) atoms. The zero-order valence-corrected chi connectivity index (χ0v) is 14.6. The highest BCUT2D eigenvalue weighted by Gasteiger charge is 2.28. The summed E-state index contributed by atoms with van der Waals surface area (Å²) in [5.41, 5.74) is 1.27. The Morgan fingerprint density at radius 3 is 2.32 bits per heavy atom. The number of anilines is 2. The summed E-state index contributed by atoms with van der Waals surface area (Å²) in [5, 5.41) is 14.7. The van der Waals surface area contributed by atoms with Crippen molar-refractivity contribution in [1.29, 1.82) is 0 Å². The molecule has 1 unspecified atom stereocenters. The smallest absolute Gasteiger partial charge is 0.321 e. The number of carboxylic acids is 1. The maximum atomic E-state index is 12.3. The lowest BCUT2D eigenvalue weighted by Gasteiger charge is -2.30. The van der Waals surface area contributed by atoms with Crippen molar-refractivity contribution in [3.63, 3.8) is 0 Å². The zero-order valence-electron chi connectivity index (χ0n) is 14.6. The van der Waals surface area contributed by atoms with E-state index in [0.29, 0.717) is 37.2 Å². The minimum atomic E-state index is -0.862. The molecule has 3 amide bonds. The van der Waals surface area contributed by atoms with Gasteiger partial charge in [-0.1, -0.05) is 13.8 Å². The van der Waals surface area contributed by atoms with E-state index >= 15 is 0 Å². The molecule has 1 aliphatic rings. The third-order valence-electron chi connectivity index (χ3n) is 4.07. The van der Waals surface area contributed by atoms with Crippen LogP contribution in [0.15, 0.2) is 24.3 Å². The van der Waals surface area contributed by atoms with E-state index in [0.717, 1.165) is 0 Å². The third kappa shape index (κ3) is 5.77. The fourth-order valence-corrected chi connectivity index (χ4v) is 2.79. The molecule has 1 aliphatic heterocycles. The Morgan fingerprint density at radius 1 is 1.16 bits per heavy atom. The number of carbonyl (C=O) groups is 3. The van der Waals surface area contributed by atoms with E-state index in [1.165, 1.54) is 4.90 Å². The molecule has 7 heteroatoms. The van der Waals surface area contributed by atoms with Gasteiger partial charge in [-0.15, -0.1) is 0 Å². The first-order valence-corrected chi connectivity index (χ1v) is 8.54. The van der Waals surface area contributed by atoms with Gasteiger partial charge in [-0.2, -0.15) is 0 Å². The number of amides is 3. The lowest BCUT2D eigenvalue weighted by atomic mass is 9.99. The highest BCUT2D eigenvalue weighted by Crippen LogP contribution is 2.19. The molecular weight excluding hydrogens is 322 g/mol. The summed E-state index contributed by atoms with van der Waals surface area (Å²) in [7, 11) is 0. The standard InChI is InChI=1S/C18H25N3O4/c1-12(2)10-16(22)19-14-5-7-15(8-6-14)20-18(25)21-9-3-4-13(11-21)17(23)24/h5-8,12-13H,3-4,9-11H2,1-2H3,(H,19,22)(H,20,25)(H,23,24). The van der Waals surface area contributed by atoms with Crippen molar-refractivity contribution >= 4 is 29.3 Å². The van der Waals surface area contributed by atoms with Crippen molar-refractivity contribution in [2.24, 2.45) is 11.8 Å². The number of aliphatic carboxylic acids is 1. The second kappa shape index (κ2) is 8.50. The Kier molecular flexibility index (Phi) is 6.38. The molecule has 1 aromatic carbocycles. The molecule has 7 nitrogen and oxygen atoms in total. The highest BCUT2D eigenvalue weighted by molar-refractivity contribution is 5.92. The lowest BCUT2D eigenvalue weighted by Crippen LogP contribution is -2.44. The van der Waals surface area contributed by atoms with Crippen molar-refractivity contribution in [3.8, 4) is 0 Å². The molecule has 2 rings (SSSR count). The number of carboxylic acid groups (broad SMARTS) is 1. The second-order valence-corrected chi connectivity index (χ2v) is 6.78. The molecule has 136 valence electrons. The summed E-state index contributed by atoms with van der Waals surface area (Å²) in [6.07, 6.45) is 1.74. The average molecular weight is 347 g/mol. The van der Waals surface area contributed by atoms with Crippen LogP contribution in [0.2, 0.25) is 0 Å². The first kappa shape index (κ1) is 18.8. The van der Waals surface area contributed by atoms with Crippen molar-refractivity contribution in [2.75, 3.05) is 23.7 Å². The van der Waals surface area contributed by atoms with Gasteiger partial charge in [-0.3, -0.25) is 9.59 Å². The van der Waals surface area contributed by atoms with Crippen LogP contribution in [-0.2, 0) is 9.59 Å². The number of piperidine rings is 1. The van der Waals surface area contributed by atoms with Gasteiger partial charge in [0.2, 0.25) is 5.91 Å². The third-order valence-corrected chi connectivity index (χ3v) is 4.07. The largest absolute Gasteiger partial charge is 0.481 e. The second-order valence-electron chi connectivity index (χ2n) is 6.78. The highest BCUT2D eigenvalue weighted by atomic mass is 16.4. The van der Waals surface area contributed by atoms with Crippen LogP contribution in [0.4, 0.5) is 16.2 Å². The number of nitrogens with one attached hydrogen (secondary N) is 2. The number of benzene rings is 1. The number of urea groups is 1. The molecule has 0 bridgehead atoms. The Hall–Kier alpha value is -2.57. The zero-order chi connectivity index (χ0) is 18.4. The monoisotopic (exact) mass is 347 g/mol. The molecule has 0 radical (unpaired) electrons. The molecular formula is C18H25N3O4. The van der Waals surface area contributed by atoms with Crippen LogP contribution in [0, 0.1) is 11.8 Å². The predicted octanol–water partition coefficient (Wildman–Crippen LogP) is 3.00. The van der Waals surface area contributed by atoms with Gasteiger partial charge in [-0.25, -0.2) is 4.79 Å². The van der Waals surface area contributed by atoms with Crippen molar-refractivity contribution in [2.45, 2.75) is 33.1 Å². The summed E-state index contributed by atoms with van der Waals surface area (Å²) in [4.78, 5) is 36.6. The Balaban J connectivity index is 1.89. The Bertz CT molecular complexity index is 628. The van der Waals surface area contributed by atoms with Crippen LogP contribution in [0.5, 0.6) is 0 Å². The van der Waals surface area contributed by atoms with Crippen molar-refractivity contribution in [1.82, 2.24) is 4.90 Å². The van der Waals surface area contributed by atoms with Gasteiger partial charge < -0.3 is 20.6 Å². The Labute approximate surface area is 147 Å². The van der Waals surface area contributed by atoms with Crippen molar-refractivity contribution in [3.05, 3.63) is 24.3 Å². The van der Waals surface area contributed by atoms with Gasteiger partial charge in [0, 0.05) is 30.9 Å². The van der Waals surface area contributed by atoms with Crippen LogP contribution >= 0.6 is 0 Å². The minimum absolute atomic E-state index is 0.0418. The summed E-state index contributed by atoms with van der Waals surface area (Å²) < 4.78 is 0. The molecule has 1 saturated heterocycles.